The summed E-state index contributed by atoms with van der Waals surface area (Å²) in [4.78, 5) is 22.2. The number of aromatic nitrogens is 1. The van der Waals surface area contributed by atoms with Gasteiger partial charge in [0.05, 0.1) is 12.2 Å². The van der Waals surface area contributed by atoms with E-state index < -0.39 is 5.97 Å². The second-order valence-electron chi connectivity index (χ2n) is 2.69. The average Bonchev–Trinajstić information content (AvgIpc) is 2.40. The van der Waals surface area contributed by atoms with Gasteiger partial charge in [0.1, 0.15) is 5.69 Å². The predicted molar refractivity (Wildman–Crippen MR) is 54.5 cm³/mol. The quantitative estimate of drug-likeness (QED) is 0.614. The normalized spacial score (nSPS) is 9.93. The minimum Gasteiger partial charge on any atom is -0.461 e. The lowest BCUT2D eigenvalue weighted by Gasteiger charge is -2.03. The van der Waals surface area contributed by atoms with Crippen molar-refractivity contribution < 1.29 is 14.3 Å². The highest BCUT2D eigenvalue weighted by Gasteiger charge is 2.19. The smallest absolute Gasteiger partial charge is 0.355 e. The molecule has 1 aromatic heterocycles. The molecular weight excluding hydrogens is 250 g/mol. The summed E-state index contributed by atoms with van der Waals surface area (Å²) in [5.74, 6) is -0.484. The third-order valence-corrected chi connectivity index (χ3v) is 2.39. The Kier molecular flexibility index (Phi) is 3.46. The van der Waals surface area contributed by atoms with Crippen molar-refractivity contribution in [3.8, 4) is 0 Å². The summed E-state index contributed by atoms with van der Waals surface area (Å²) in [6.07, 6.45) is 2.28. The Morgan fingerprint density at radius 3 is 2.86 bits per heavy atom. The van der Waals surface area contributed by atoms with Crippen LogP contribution in [0.25, 0.3) is 0 Å². The molecule has 0 bridgehead atoms. The van der Waals surface area contributed by atoms with E-state index in [0.717, 1.165) is 0 Å². The summed E-state index contributed by atoms with van der Waals surface area (Å²) in [5.41, 5.74) is 0.597. The van der Waals surface area contributed by atoms with Crippen LogP contribution < -0.4 is 0 Å². The topological polar surface area (TPSA) is 48.3 Å². The number of carbonyl (C=O) groups is 2. The molecule has 14 heavy (non-hydrogen) atoms. The van der Waals surface area contributed by atoms with Crippen molar-refractivity contribution in [3.63, 3.8) is 0 Å². The molecule has 5 heteroatoms. The molecule has 1 aromatic rings. The first-order chi connectivity index (χ1) is 6.61. The van der Waals surface area contributed by atoms with Gasteiger partial charge in [-0.3, -0.25) is 4.79 Å². The van der Waals surface area contributed by atoms with Gasteiger partial charge < -0.3 is 9.30 Å². The molecule has 0 fully saturated rings. The van der Waals surface area contributed by atoms with Crippen LogP contribution in [-0.4, -0.2) is 23.4 Å². The fourth-order valence-corrected chi connectivity index (χ4v) is 1.76. The molecule has 0 saturated carbocycles. The van der Waals surface area contributed by atoms with Crippen LogP contribution >= 0.6 is 15.9 Å². The number of rotatable bonds is 3. The van der Waals surface area contributed by atoms with Gasteiger partial charge in [0.25, 0.3) is 0 Å². The number of esters is 1. The summed E-state index contributed by atoms with van der Waals surface area (Å²) in [7, 11) is 1.68. The maximum atomic E-state index is 11.4. The molecule has 4 nitrogen and oxygen atoms in total. The van der Waals surface area contributed by atoms with Crippen molar-refractivity contribution in [2.75, 3.05) is 6.61 Å². The minimum atomic E-state index is -0.484. The summed E-state index contributed by atoms with van der Waals surface area (Å²) >= 11 is 3.19. The van der Waals surface area contributed by atoms with Gasteiger partial charge >= 0.3 is 5.97 Å². The first-order valence-corrected chi connectivity index (χ1v) is 4.88. The van der Waals surface area contributed by atoms with Gasteiger partial charge in [0.15, 0.2) is 6.29 Å². The third kappa shape index (κ3) is 1.87. The van der Waals surface area contributed by atoms with Crippen molar-refractivity contribution in [2.45, 2.75) is 6.92 Å². The number of hydrogen-bond donors (Lipinski definition) is 0. The Labute approximate surface area is 90.0 Å². The molecule has 0 unspecified atom stereocenters. The van der Waals surface area contributed by atoms with Crippen molar-refractivity contribution >= 4 is 28.2 Å². The van der Waals surface area contributed by atoms with Gasteiger partial charge in [-0.2, -0.15) is 0 Å². The molecule has 0 aromatic carbocycles. The summed E-state index contributed by atoms with van der Waals surface area (Å²) in [6.45, 7) is 2.01. The minimum absolute atomic E-state index is 0.272. The van der Waals surface area contributed by atoms with Crippen LogP contribution in [0.1, 0.15) is 27.8 Å². The highest BCUT2D eigenvalue weighted by atomic mass is 79.9. The molecule has 0 spiro atoms. The zero-order valence-electron chi connectivity index (χ0n) is 7.91. The molecule has 1 heterocycles. The van der Waals surface area contributed by atoms with E-state index in [1.54, 1.807) is 24.7 Å². The maximum absolute atomic E-state index is 11.4. The van der Waals surface area contributed by atoms with E-state index in [-0.39, 0.29) is 5.69 Å². The van der Waals surface area contributed by atoms with Crippen molar-refractivity contribution in [1.82, 2.24) is 4.57 Å². The lowest BCUT2D eigenvalue weighted by Crippen LogP contribution is -2.11. The van der Waals surface area contributed by atoms with E-state index in [2.05, 4.69) is 15.9 Å². The lowest BCUT2D eigenvalue weighted by molar-refractivity contribution is 0.0513. The Hall–Kier alpha value is -1.10. The molecule has 0 amide bonds. The van der Waals surface area contributed by atoms with Crippen LogP contribution in [0, 0.1) is 0 Å². The molecule has 76 valence electrons. The molecule has 1 rings (SSSR count). The fourth-order valence-electron chi connectivity index (χ4n) is 1.17. The van der Waals surface area contributed by atoms with Gasteiger partial charge in [-0.1, -0.05) is 0 Å². The average molecular weight is 260 g/mol. The van der Waals surface area contributed by atoms with E-state index in [0.29, 0.717) is 22.9 Å². The number of carbonyl (C=O) groups excluding carboxylic acids is 2. The Morgan fingerprint density at radius 2 is 2.36 bits per heavy atom. The number of aryl methyl sites for hydroxylation is 1. The van der Waals surface area contributed by atoms with Crippen molar-refractivity contribution in [3.05, 3.63) is 21.9 Å². The first kappa shape index (κ1) is 11.0. The zero-order valence-corrected chi connectivity index (χ0v) is 9.50. The predicted octanol–water partition coefficient (Wildman–Crippen LogP) is 1.78. The number of halogens is 1. The van der Waals surface area contributed by atoms with E-state index in [1.807, 2.05) is 0 Å². The molecule has 0 N–H and O–H groups in total. The monoisotopic (exact) mass is 259 g/mol. The number of hydrogen-bond acceptors (Lipinski definition) is 3. The van der Waals surface area contributed by atoms with Crippen molar-refractivity contribution in [1.29, 1.82) is 0 Å². The van der Waals surface area contributed by atoms with Gasteiger partial charge in [0, 0.05) is 17.7 Å². The summed E-state index contributed by atoms with van der Waals surface area (Å²) < 4.78 is 6.98. The standard InChI is InChI=1S/C9H10BrNO3/c1-3-14-9(13)8-6(5-12)7(10)4-11(8)2/h4-5H,3H2,1-2H3. The van der Waals surface area contributed by atoms with Gasteiger partial charge in [-0.25, -0.2) is 4.79 Å². The van der Waals surface area contributed by atoms with Crippen LogP contribution in [0.3, 0.4) is 0 Å². The Bertz CT molecular complexity index is 370. The SMILES string of the molecule is CCOC(=O)c1c(C=O)c(Br)cn1C. The number of nitrogens with zero attached hydrogens (tertiary/aromatic N) is 1. The maximum Gasteiger partial charge on any atom is 0.355 e. The number of ether oxygens (including phenoxy) is 1. The highest BCUT2D eigenvalue weighted by molar-refractivity contribution is 9.10. The molecule has 0 saturated heterocycles. The van der Waals surface area contributed by atoms with Crippen LogP contribution in [0.2, 0.25) is 0 Å². The highest BCUT2D eigenvalue weighted by Crippen LogP contribution is 2.21. The fraction of sp³-hybridized carbons (Fsp3) is 0.333. The van der Waals surface area contributed by atoms with Gasteiger partial charge in [-0.05, 0) is 22.9 Å². The lowest BCUT2D eigenvalue weighted by atomic mass is 10.2. The largest absolute Gasteiger partial charge is 0.461 e. The molecular formula is C9H10BrNO3. The van der Waals surface area contributed by atoms with Crippen LogP contribution in [-0.2, 0) is 11.8 Å². The molecule has 0 aliphatic heterocycles. The zero-order chi connectivity index (χ0) is 10.7. The second-order valence-corrected chi connectivity index (χ2v) is 3.54. The number of aldehydes is 1. The van der Waals surface area contributed by atoms with Crippen LogP contribution in [0.5, 0.6) is 0 Å². The van der Waals surface area contributed by atoms with E-state index >= 15 is 0 Å². The molecule has 0 atom stereocenters. The summed E-state index contributed by atoms with van der Waals surface area (Å²) in [5, 5.41) is 0. The molecule has 0 aliphatic rings. The van der Waals surface area contributed by atoms with E-state index in [1.165, 1.54) is 0 Å². The summed E-state index contributed by atoms with van der Waals surface area (Å²) in [6, 6.07) is 0. The van der Waals surface area contributed by atoms with Crippen LogP contribution in [0.15, 0.2) is 10.7 Å². The first-order valence-electron chi connectivity index (χ1n) is 4.09. The van der Waals surface area contributed by atoms with Gasteiger partial charge in [0.2, 0.25) is 0 Å². The van der Waals surface area contributed by atoms with Crippen LogP contribution in [0.4, 0.5) is 0 Å². The molecule has 0 aliphatic carbocycles. The van der Waals surface area contributed by atoms with Gasteiger partial charge in [-0.15, -0.1) is 0 Å². The Morgan fingerprint density at radius 1 is 1.71 bits per heavy atom. The third-order valence-electron chi connectivity index (χ3n) is 1.76. The van der Waals surface area contributed by atoms with E-state index in [4.69, 9.17) is 4.74 Å². The second kappa shape index (κ2) is 4.41. The Balaban J connectivity index is 3.18. The van der Waals surface area contributed by atoms with Crippen molar-refractivity contribution in [2.24, 2.45) is 7.05 Å². The molecule has 0 radical (unpaired) electrons. The van der Waals surface area contributed by atoms with E-state index in [9.17, 15) is 9.59 Å².